The monoisotopic (exact) mass is 228 g/mol. The third kappa shape index (κ3) is 3.06. The zero-order valence-corrected chi connectivity index (χ0v) is 10.2. The van der Waals surface area contributed by atoms with Crippen LogP contribution in [0.3, 0.4) is 0 Å². The standard InChI is InChI=1S/C13H16N4/c1-3-13-15-7-4-11(17-13)8-10(2)12-5-6-14-9-16-12/h4-7,9-10H,3,8H2,1-2H3. The van der Waals surface area contributed by atoms with Gasteiger partial charge in [0.1, 0.15) is 12.2 Å². The summed E-state index contributed by atoms with van der Waals surface area (Å²) in [7, 11) is 0. The molecule has 0 fully saturated rings. The van der Waals surface area contributed by atoms with Crippen LogP contribution in [0.4, 0.5) is 0 Å². The number of aromatic nitrogens is 4. The van der Waals surface area contributed by atoms with E-state index in [-0.39, 0.29) is 0 Å². The van der Waals surface area contributed by atoms with Gasteiger partial charge in [0.05, 0.1) is 0 Å². The number of hydrogen-bond acceptors (Lipinski definition) is 4. The molecule has 17 heavy (non-hydrogen) atoms. The highest BCUT2D eigenvalue weighted by Gasteiger charge is 2.09. The molecule has 0 saturated carbocycles. The molecule has 0 radical (unpaired) electrons. The van der Waals surface area contributed by atoms with Crippen molar-refractivity contribution in [3.8, 4) is 0 Å². The summed E-state index contributed by atoms with van der Waals surface area (Å²) in [4.78, 5) is 16.9. The summed E-state index contributed by atoms with van der Waals surface area (Å²) in [6.07, 6.45) is 6.94. The Hall–Kier alpha value is -1.84. The van der Waals surface area contributed by atoms with E-state index in [0.717, 1.165) is 30.1 Å². The molecule has 2 rings (SSSR count). The maximum atomic E-state index is 4.50. The van der Waals surface area contributed by atoms with Crippen LogP contribution in [0.1, 0.15) is 37.0 Å². The van der Waals surface area contributed by atoms with Gasteiger partial charge in [-0.2, -0.15) is 0 Å². The highest BCUT2D eigenvalue weighted by molar-refractivity contribution is 5.11. The smallest absolute Gasteiger partial charge is 0.128 e. The zero-order chi connectivity index (χ0) is 12.1. The second kappa shape index (κ2) is 5.48. The molecule has 2 aromatic heterocycles. The molecule has 0 aliphatic heterocycles. The van der Waals surface area contributed by atoms with Gasteiger partial charge in [0.15, 0.2) is 0 Å². The van der Waals surface area contributed by atoms with Crippen LogP contribution < -0.4 is 0 Å². The number of hydrogen-bond donors (Lipinski definition) is 0. The van der Waals surface area contributed by atoms with Crippen LogP contribution in [-0.4, -0.2) is 19.9 Å². The number of aryl methyl sites for hydroxylation is 1. The van der Waals surface area contributed by atoms with Crippen LogP contribution in [0.15, 0.2) is 30.9 Å². The summed E-state index contributed by atoms with van der Waals surface area (Å²) < 4.78 is 0. The summed E-state index contributed by atoms with van der Waals surface area (Å²) in [5, 5.41) is 0. The summed E-state index contributed by atoms with van der Waals surface area (Å²) in [5.74, 6) is 1.25. The fourth-order valence-corrected chi connectivity index (χ4v) is 1.74. The Bertz CT molecular complexity index is 470. The fourth-order valence-electron chi connectivity index (χ4n) is 1.74. The quantitative estimate of drug-likeness (QED) is 0.804. The van der Waals surface area contributed by atoms with E-state index >= 15 is 0 Å². The van der Waals surface area contributed by atoms with Crippen molar-refractivity contribution in [3.63, 3.8) is 0 Å². The molecule has 0 N–H and O–H groups in total. The summed E-state index contributed by atoms with van der Waals surface area (Å²) in [6.45, 7) is 4.21. The van der Waals surface area contributed by atoms with Gasteiger partial charge in [-0.15, -0.1) is 0 Å². The molecule has 0 bridgehead atoms. The Morgan fingerprint density at radius 2 is 2.06 bits per heavy atom. The lowest BCUT2D eigenvalue weighted by molar-refractivity contribution is 0.703. The highest BCUT2D eigenvalue weighted by atomic mass is 14.9. The molecule has 0 spiro atoms. The molecular formula is C13H16N4. The average molecular weight is 228 g/mol. The van der Waals surface area contributed by atoms with E-state index in [0.29, 0.717) is 5.92 Å². The normalized spacial score (nSPS) is 12.4. The molecule has 2 aromatic rings. The first kappa shape index (κ1) is 11.6. The predicted molar refractivity (Wildman–Crippen MR) is 65.6 cm³/mol. The van der Waals surface area contributed by atoms with Crippen molar-refractivity contribution in [2.45, 2.75) is 32.6 Å². The first-order valence-electron chi connectivity index (χ1n) is 5.86. The van der Waals surface area contributed by atoms with Crippen molar-refractivity contribution in [2.75, 3.05) is 0 Å². The van der Waals surface area contributed by atoms with E-state index < -0.39 is 0 Å². The van der Waals surface area contributed by atoms with Gasteiger partial charge < -0.3 is 0 Å². The van der Waals surface area contributed by atoms with Gasteiger partial charge in [0.25, 0.3) is 0 Å². The Morgan fingerprint density at radius 1 is 1.18 bits per heavy atom. The Kier molecular flexibility index (Phi) is 3.75. The number of rotatable bonds is 4. The molecule has 0 aromatic carbocycles. The first-order valence-corrected chi connectivity index (χ1v) is 5.86. The van der Waals surface area contributed by atoms with Gasteiger partial charge in [0.2, 0.25) is 0 Å². The van der Waals surface area contributed by atoms with E-state index in [1.165, 1.54) is 0 Å². The molecule has 2 heterocycles. The van der Waals surface area contributed by atoms with E-state index in [9.17, 15) is 0 Å². The molecule has 0 aliphatic carbocycles. The van der Waals surface area contributed by atoms with Gasteiger partial charge >= 0.3 is 0 Å². The Balaban J connectivity index is 2.10. The van der Waals surface area contributed by atoms with E-state index in [4.69, 9.17) is 0 Å². The lowest BCUT2D eigenvalue weighted by Crippen LogP contribution is -2.04. The second-order valence-electron chi connectivity index (χ2n) is 4.06. The summed E-state index contributed by atoms with van der Waals surface area (Å²) in [5.41, 5.74) is 2.12. The van der Waals surface area contributed by atoms with Crippen LogP contribution in [0.5, 0.6) is 0 Å². The van der Waals surface area contributed by atoms with Crippen LogP contribution in [0.25, 0.3) is 0 Å². The van der Waals surface area contributed by atoms with Crippen molar-refractivity contribution in [2.24, 2.45) is 0 Å². The minimum absolute atomic E-state index is 0.345. The van der Waals surface area contributed by atoms with E-state index in [1.54, 1.807) is 12.5 Å². The zero-order valence-electron chi connectivity index (χ0n) is 10.2. The molecule has 4 heteroatoms. The minimum Gasteiger partial charge on any atom is -0.245 e. The molecular weight excluding hydrogens is 212 g/mol. The molecule has 0 aliphatic rings. The van der Waals surface area contributed by atoms with Crippen LogP contribution in [0, 0.1) is 0 Å². The van der Waals surface area contributed by atoms with E-state index in [1.807, 2.05) is 18.3 Å². The summed E-state index contributed by atoms with van der Waals surface area (Å²) >= 11 is 0. The molecule has 1 unspecified atom stereocenters. The van der Waals surface area contributed by atoms with E-state index in [2.05, 4.69) is 33.8 Å². The van der Waals surface area contributed by atoms with Gasteiger partial charge in [-0.1, -0.05) is 13.8 Å². The molecule has 4 nitrogen and oxygen atoms in total. The molecule has 0 saturated heterocycles. The topological polar surface area (TPSA) is 51.6 Å². The number of nitrogens with zero attached hydrogens (tertiary/aromatic N) is 4. The molecule has 1 atom stereocenters. The van der Waals surface area contributed by atoms with Crippen molar-refractivity contribution >= 4 is 0 Å². The fraction of sp³-hybridized carbons (Fsp3) is 0.385. The predicted octanol–water partition coefficient (Wildman–Crippen LogP) is 2.18. The van der Waals surface area contributed by atoms with Gasteiger partial charge in [0, 0.05) is 36.1 Å². The van der Waals surface area contributed by atoms with Crippen LogP contribution in [0.2, 0.25) is 0 Å². The molecule has 0 amide bonds. The third-order valence-electron chi connectivity index (χ3n) is 2.70. The minimum atomic E-state index is 0.345. The average Bonchev–Trinajstić information content (AvgIpc) is 2.40. The Morgan fingerprint density at radius 3 is 2.76 bits per heavy atom. The first-order chi connectivity index (χ1) is 8.29. The van der Waals surface area contributed by atoms with Crippen molar-refractivity contribution in [1.82, 2.24) is 19.9 Å². The van der Waals surface area contributed by atoms with Gasteiger partial charge in [-0.25, -0.2) is 19.9 Å². The summed E-state index contributed by atoms with van der Waals surface area (Å²) in [6, 6.07) is 3.92. The van der Waals surface area contributed by atoms with Crippen molar-refractivity contribution in [1.29, 1.82) is 0 Å². The highest BCUT2D eigenvalue weighted by Crippen LogP contribution is 2.16. The second-order valence-corrected chi connectivity index (χ2v) is 4.06. The largest absolute Gasteiger partial charge is 0.245 e. The van der Waals surface area contributed by atoms with Crippen molar-refractivity contribution in [3.05, 3.63) is 48.1 Å². The molecule has 88 valence electrons. The van der Waals surface area contributed by atoms with Crippen molar-refractivity contribution < 1.29 is 0 Å². The van der Waals surface area contributed by atoms with Crippen LogP contribution in [-0.2, 0) is 12.8 Å². The maximum Gasteiger partial charge on any atom is 0.128 e. The van der Waals surface area contributed by atoms with Crippen LogP contribution >= 0.6 is 0 Å². The third-order valence-corrected chi connectivity index (χ3v) is 2.70. The lowest BCUT2D eigenvalue weighted by atomic mass is 10.0. The SMILES string of the molecule is CCc1nccc(CC(C)c2ccncn2)n1. The maximum absolute atomic E-state index is 4.50. The lowest BCUT2D eigenvalue weighted by Gasteiger charge is -2.10. The van der Waals surface area contributed by atoms with Gasteiger partial charge in [-0.3, -0.25) is 0 Å². The Labute approximate surface area is 101 Å². The van der Waals surface area contributed by atoms with Gasteiger partial charge in [-0.05, 0) is 18.6 Å².